The van der Waals surface area contributed by atoms with Crippen LogP contribution in [0.25, 0.3) is 0 Å². The van der Waals surface area contributed by atoms with E-state index in [0.29, 0.717) is 18.8 Å². The minimum Gasteiger partial charge on any atom is -0.342 e. The summed E-state index contributed by atoms with van der Waals surface area (Å²) < 4.78 is 27.4. The number of hydrogen-bond donors (Lipinski definition) is 2. The number of nitrogens with zero attached hydrogens (tertiary/aromatic N) is 2. The number of para-hydroxylation sites is 1. The second kappa shape index (κ2) is 4.86. The normalized spacial score (nSPS) is 20.8. The van der Waals surface area contributed by atoms with Gasteiger partial charge in [-0.3, -0.25) is 0 Å². The third kappa shape index (κ3) is 2.15. The summed E-state index contributed by atoms with van der Waals surface area (Å²) in [6.07, 6.45) is 0. The number of anilines is 1. The zero-order valence-corrected chi connectivity index (χ0v) is 12.1. The van der Waals surface area contributed by atoms with Gasteiger partial charge in [-0.15, -0.1) is 0 Å². The number of hydrogen-bond acceptors (Lipinski definition) is 4. The average molecular weight is 306 g/mol. The van der Waals surface area contributed by atoms with Gasteiger partial charge in [-0.25, -0.2) is 9.10 Å². The van der Waals surface area contributed by atoms with E-state index in [4.69, 9.17) is 0 Å². The summed E-state index contributed by atoms with van der Waals surface area (Å²) in [6, 6.07) is 10.9. The largest absolute Gasteiger partial charge is 0.342 e. The monoisotopic (exact) mass is 306 g/mol. The molecule has 0 saturated carbocycles. The Morgan fingerprint density at radius 2 is 2.10 bits per heavy atom. The van der Waals surface area contributed by atoms with E-state index in [1.165, 1.54) is 0 Å². The molecule has 21 heavy (non-hydrogen) atoms. The second-order valence-corrected chi connectivity index (χ2v) is 6.48. The van der Waals surface area contributed by atoms with Crippen LogP contribution in [0.3, 0.4) is 0 Å². The summed E-state index contributed by atoms with van der Waals surface area (Å²) in [4.78, 5) is 12.1. The van der Waals surface area contributed by atoms with Crippen LogP contribution in [0, 0.1) is 12.1 Å². The Morgan fingerprint density at radius 3 is 2.86 bits per heavy atom. The third-order valence-electron chi connectivity index (χ3n) is 3.36. The van der Waals surface area contributed by atoms with E-state index in [2.05, 4.69) is 22.7 Å². The molecule has 0 fully saturated rings. The first kappa shape index (κ1) is 13.6. The highest BCUT2D eigenvalue weighted by Gasteiger charge is 2.39. The standard InChI is InChI=1S/C13H14N4O3S/c1-10-8-14-6-7-16(10)21(19,20)17-12-5-3-2-4-11(12)9-15-13(17)18/h2-5,10,14H,8-9H2,1H3,(H,15,18). The third-order valence-corrected chi connectivity index (χ3v) is 5.13. The molecule has 0 bridgehead atoms. The number of carbonyl (C=O) groups is 1. The maximum atomic E-state index is 12.8. The van der Waals surface area contributed by atoms with Crippen LogP contribution in [0.15, 0.2) is 24.3 Å². The van der Waals surface area contributed by atoms with Crippen molar-refractivity contribution in [1.29, 1.82) is 0 Å². The van der Waals surface area contributed by atoms with Crippen molar-refractivity contribution >= 4 is 21.9 Å². The molecule has 1 atom stereocenters. The summed E-state index contributed by atoms with van der Waals surface area (Å²) in [7, 11) is -4.06. The van der Waals surface area contributed by atoms with Crippen molar-refractivity contribution in [2.24, 2.45) is 0 Å². The molecule has 2 N–H and O–H groups in total. The van der Waals surface area contributed by atoms with Crippen molar-refractivity contribution in [2.75, 3.05) is 10.8 Å². The molecule has 2 aliphatic heterocycles. The van der Waals surface area contributed by atoms with Crippen molar-refractivity contribution in [2.45, 2.75) is 19.5 Å². The van der Waals surface area contributed by atoms with Crippen LogP contribution in [0.5, 0.6) is 0 Å². The number of benzene rings is 1. The lowest BCUT2D eigenvalue weighted by Crippen LogP contribution is -2.55. The SMILES string of the molecule is CC1CNC#CN1S(=O)(=O)N1C(=O)NCc2ccccc21. The van der Waals surface area contributed by atoms with Gasteiger partial charge in [0.25, 0.3) is 0 Å². The molecule has 8 heteroatoms. The molecule has 3 rings (SSSR count). The quantitative estimate of drug-likeness (QED) is 0.763. The summed E-state index contributed by atoms with van der Waals surface area (Å²) in [6.45, 7) is 2.44. The number of urea groups is 1. The van der Waals surface area contributed by atoms with Crippen molar-refractivity contribution in [3.63, 3.8) is 0 Å². The topological polar surface area (TPSA) is 81.8 Å². The molecule has 0 saturated heterocycles. The summed E-state index contributed by atoms with van der Waals surface area (Å²) in [5.41, 5.74) is 1.12. The van der Waals surface area contributed by atoms with E-state index in [9.17, 15) is 13.2 Å². The smallest absolute Gasteiger partial charge is 0.341 e. The van der Waals surface area contributed by atoms with Crippen molar-refractivity contribution in [3.8, 4) is 12.1 Å². The van der Waals surface area contributed by atoms with Crippen molar-refractivity contribution < 1.29 is 13.2 Å². The van der Waals surface area contributed by atoms with E-state index in [1.54, 1.807) is 31.2 Å². The zero-order valence-electron chi connectivity index (χ0n) is 11.3. The molecule has 0 aromatic heterocycles. The highest BCUT2D eigenvalue weighted by Crippen LogP contribution is 2.28. The minimum absolute atomic E-state index is 0.309. The summed E-state index contributed by atoms with van der Waals surface area (Å²) in [5, 5.41) is 5.35. The van der Waals surface area contributed by atoms with Gasteiger partial charge < -0.3 is 10.6 Å². The molecule has 2 amide bonds. The van der Waals surface area contributed by atoms with Gasteiger partial charge in [0.1, 0.15) is 0 Å². The Morgan fingerprint density at radius 1 is 1.33 bits per heavy atom. The van der Waals surface area contributed by atoms with Crippen molar-refractivity contribution in [1.82, 2.24) is 14.9 Å². The first-order valence-corrected chi connectivity index (χ1v) is 7.85. The zero-order chi connectivity index (χ0) is 15.0. The number of nitrogens with one attached hydrogen (secondary N) is 2. The second-order valence-electron chi connectivity index (χ2n) is 4.82. The van der Waals surface area contributed by atoms with Gasteiger partial charge in [0.05, 0.1) is 11.7 Å². The molecule has 0 spiro atoms. The number of carbonyl (C=O) groups excluding carboxylic acids is 1. The molecular formula is C13H14N4O3S. The molecule has 0 aliphatic carbocycles. The Balaban J connectivity index is 2.10. The van der Waals surface area contributed by atoms with Crippen LogP contribution in [0.1, 0.15) is 12.5 Å². The molecule has 2 aliphatic rings. The summed E-state index contributed by atoms with van der Waals surface area (Å²) >= 11 is 0. The van der Waals surface area contributed by atoms with Crippen LogP contribution >= 0.6 is 0 Å². The Hall–Kier alpha value is -2.40. The van der Waals surface area contributed by atoms with Crippen LogP contribution < -0.4 is 14.9 Å². The van der Waals surface area contributed by atoms with Crippen LogP contribution in [0.4, 0.5) is 10.5 Å². The molecule has 7 nitrogen and oxygen atoms in total. The fourth-order valence-corrected chi connectivity index (χ4v) is 3.87. The minimum atomic E-state index is -4.06. The van der Waals surface area contributed by atoms with E-state index in [1.807, 2.05) is 0 Å². The Kier molecular flexibility index (Phi) is 3.14. The maximum absolute atomic E-state index is 12.8. The van der Waals surface area contributed by atoms with Gasteiger partial charge in [-0.2, -0.15) is 12.7 Å². The Bertz CT molecular complexity index is 750. The van der Waals surface area contributed by atoms with Gasteiger partial charge in [0, 0.05) is 25.2 Å². The van der Waals surface area contributed by atoms with Crippen molar-refractivity contribution in [3.05, 3.63) is 29.8 Å². The molecular weight excluding hydrogens is 292 g/mol. The van der Waals surface area contributed by atoms with E-state index in [0.717, 1.165) is 14.2 Å². The fraction of sp³-hybridized carbons (Fsp3) is 0.308. The van der Waals surface area contributed by atoms with Crippen LogP contribution in [0.2, 0.25) is 0 Å². The summed E-state index contributed by atoms with van der Waals surface area (Å²) in [5.74, 6) is 0. The lowest BCUT2D eigenvalue weighted by Gasteiger charge is -2.35. The van der Waals surface area contributed by atoms with Gasteiger partial charge in [-0.05, 0) is 18.6 Å². The maximum Gasteiger partial charge on any atom is 0.341 e. The van der Waals surface area contributed by atoms with Crippen LogP contribution in [-0.4, -0.2) is 31.3 Å². The Labute approximate surface area is 123 Å². The van der Waals surface area contributed by atoms with Gasteiger partial charge in [0.15, 0.2) is 0 Å². The molecule has 2 heterocycles. The molecule has 0 radical (unpaired) electrons. The number of amides is 2. The highest BCUT2D eigenvalue weighted by atomic mass is 32.2. The average Bonchev–Trinajstić information content (AvgIpc) is 2.47. The molecule has 110 valence electrons. The van der Waals surface area contributed by atoms with Gasteiger partial charge in [-0.1, -0.05) is 18.2 Å². The predicted octanol–water partition coefficient (Wildman–Crippen LogP) is 0.173. The van der Waals surface area contributed by atoms with Gasteiger partial charge in [0.2, 0.25) is 0 Å². The number of rotatable bonds is 2. The molecule has 1 unspecified atom stereocenters. The van der Waals surface area contributed by atoms with E-state index in [-0.39, 0.29) is 6.04 Å². The number of fused-ring (bicyclic) bond motifs is 1. The first-order valence-electron chi connectivity index (χ1n) is 6.46. The first-order chi connectivity index (χ1) is 10.0. The molecule has 1 aromatic rings. The molecule has 1 aromatic carbocycles. The highest BCUT2D eigenvalue weighted by molar-refractivity contribution is 7.91. The van der Waals surface area contributed by atoms with Gasteiger partial charge >= 0.3 is 16.2 Å². The fourth-order valence-electron chi connectivity index (χ4n) is 2.30. The lowest BCUT2D eigenvalue weighted by molar-refractivity contribution is 0.247. The van der Waals surface area contributed by atoms with E-state index >= 15 is 0 Å². The predicted molar refractivity (Wildman–Crippen MR) is 77.2 cm³/mol. The van der Waals surface area contributed by atoms with E-state index < -0.39 is 16.2 Å². The van der Waals surface area contributed by atoms with Crippen LogP contribution in [-0.2, 0) is 16.8 Å². The lowest BCUT2D eigenvalue weighted by atomic mass is 10.1.